The van der Waals surface area contributed by atoms with Crippen LogP contribution in [0.4, 0.5) is 5.82 Å². The maximum Gasteiger partial charge on any atom is 0.488 e. The summed E-state index contributed by atoms with van der Waals surface area (Å²) in [6, 6.07) is 11.9. The van der Waals surface area contributed by atoms with E-state index in [1.165, 1.54) is 18.0 Å². The molecular formula is C19H18BN7O4. The third-order valence-corrected chi connectivity index (χ3v) is 4.62. The molecule has 5 N–H and O–H groups in total. The SMILES string of the molecule is COc1nnc(-n2ncc3c(C(N)=O)cccc32)nc1NCc1cccc(B(O)O)c1. The molecule has 4 aromatic rings. The molecule has 0 radical (unpaired) electrons. The van der Waals surface area contributed by atoms with Gasteiger partial charge in [0.05, 0.1) is 24.4 Å². The molecule has 12 heteroatoms. The number of anilines is 1. The fourth-order valence-electron chi connectivity index (χ4n) is 3.12. The highest BCUT2D eigenvalue weighted by atomic mass is 16.5. The average molecular weight is 419 g/mol. The molecule has 0 atom stereocenters. The van der Waals surface area contributed by atoms with Crippen LogP contribution >= 0.6 is 0 Å². The highest BCUT2D eigenvalue weighted by molar-refractivity contribution is 6.58. The highest BCUT2D eigenvalue weighted by Crippen LogP contribution is 2.23. The standard InChI is InChI=1S/C19H18BN7O4/c1-31-18-17(22-9-11-4-2-5-12(8-11)20(29)30)24-19(26-25-18)27-15-7-3-6-13(16(21)28)14(15)10-23-27/h2-8,10,29-30H,9H2,1H3,(H2,21,28)(H,22,24,26). The summed E-state index contributed by atoms with van der Waals surface area (Å²) in [6.45, 7) is 0.320. The number of benzene rings is 2. The van der Waals surface area contributed by atoms with Gasteiger partial charge in [0, 0.05) is 11.9 Å². The number of carbonyl (C=O) groups is 1. The van der Waals surface area contributed by atoms with Crippen molar-refractivity contribution in [2.24, 2.45) is 5.73 Å². The average Bonchev–Trinajstić information content (AvgIpc) is 3.21. The van der Waals surface area contributed by atoms with Crippen molar-refractivity contribution < 1.29 is 19.6 Å². The first-order valence-corrected chi connectivity index (χ1v) is 9.22. The third kappa shape index (κ3) is 4.02. The Morgan fingerprint density at radius 1 is 1.23 bits per heavy atom. The fourth-order valence-corrected chi connectivity index (χ4v) is 3.12. The molecular weight excluding hydrogens is 401 g/mol. The largest absolute Gasteiger partial charge is 0.488 e. The molecule has 0 fully saturated rings. The van der Waals surface area contributed by atoms with E-state index in [-0.39, 0.29) is 11.8 Å². The summed E-state index contributed by atoms with van der Waals surface area (Å²) in [7, 11) is -0.109. The number of hydrogen-bond donors (Lipinski definition) is 4. The molecule has 0 aliphatic heterocycles. The Morgan fingerprint density at radius 3 is 2.77 bits per heavy atom. The van der Waals surface area contributed by atoms with Gasteiger partial charge in [-0.05, 0) is 23.2 Å². The second-order valence-electron chi connectivity index (χ2n) is 6.60. The number of fused-ring (bicyclic) bond motifs is 1. The topological polar surface area (TPSA) is 161 Å². The second kappa shape index (κ2) is 8.38. The van der Waals surface area contributed by atoms with E-state index in [4.69, 9.17) is 10.5 Å². The quantitative estimate of drug-likeness (QED) is 0.292. The lowest BCUT2D eigenvalue weighted by Gasteiger charge is -2.11. The van der Waals surface area contributed by atoms with Crippen LogP contribution in [-0.2, 0) is 6.54 Å². The van der Waals surface area contributed by atoms with Crippen molar-refractivity contribution in [3.05, 3.63) is 59.8 Å². The number of hydrogen-bond acceptors (Lipinski definition) is 9. The first-order chi connectivity index (χ1) is 15.0. The Kier molecular flexibility index (Phi) is 5.47. The summed E-state index contributed by atoms with van der Waals surface area (Å²) in [6.07, 6.45) is 1.52. The Bertz CT molecular complexity index is 1260. The lowest BCUT2D eigenvalue weighted by molar-refractivity contribution is 0.100. The van der Waals surface area contributed by atoms with Crippen LogP contribution in [0.2, 0.25) is 0 Å². The van der Waals surface area contributed by atoms with Crippen molar-refractivity contribution >= 4 is 35.2 Å². The van der Waals surface area contributed by atoms with Crippen LogP contribution in [-0.4, -0.2) is 55.1 Å². The summed E-state index contributed by atoms with van der Waals surface area (Å²) in [5, 5.41) is 34.8. The van der Waals surface area contributed by atoms with E-state index < -0.39 is 13.0 Å². The van der Waals surface area contributed by atoms with E-state index in [9.17, 15) is 14.8 Å². The van der Waals surface area contributed by atoms with Gasteiger partial charge in [0.1, 0.15) is 0 Å². The van der Waals surface area contributed by atoms with Crippen molar-refractivity contribution in [2.75, 3.05) is 12.4 Å². The lowest BCUT2D eigenvalue weighted by Crippen LogP contribution is -2.30. The van der Waals surface area contributed by atoms with Gasteiger partial charge >= 0.3 is 7.12 Å². The molecule has 0 aliphatic rings. The highest BCUT2D eigenvalue weighted by Gasteiger charge is 2.16. The molecule has 1 amide bonds. The third-order valence-electron chi connectivity index (χ3n) is 4.62. The minimum Gasteiger partial charge on any atom is -0.477 e. The van der Waals surface area contributed by atoms with Crippen LogP contribution < -0.4 is 21.3 Å². The summed E-state index contributed by atoms with van der Waals surface area (Å²) in [4.78, 5) is 16.1. The van der Waals surface area contributed by atoms with Crippen molar-refractivity contribution in [1.29, 1.82) is 0 Å². The van der Waals surface area contributed by atoms with Crippen molar-refractivity contribution in [3.8, 4) is 11.8 Å². The Morgan fingerprint density at radius 2 is 2.03 bits per heavy atom. The molecule has 156 valence electrons. The van der Waals surface area contributed by atoms with Gasteiger partial charge in [0.25, 0.3) is 11.8 Å². The predicted molar refractivity (Wildman–Crippen MR) is 113 cm³/mol. The van der Waals surface area contributed by atoms with E-state index in [0.29, 0.717) is 34.3 Å². The van der Waals surface area contributed by atoms with Gasteiger partial charge in [-0.1, -0.05) is 30.3 Å². The summed E-state index contributed by atoms with van der Waals surface area (Å²) < 4.78 is 6.68. The monoisotopic (exact) mass is 419 g/mol. The van der Waals surface area contributed by atoms with E-state index in [2.05, 4.69) is 25.6 Å². The summed E-state index contributed by atoms with van der Waals surface area (Å²) in [5.41, 5.74) is 7.55. The molecule has 0 bridgehead atoms. The molecule has 2 aromatic carbocycles. The first-order valence-electron chi connectivity index (χ1n) is 9.22. The Hall–Kier alpha value is -4.03. The van der Waals surface area contributed by atoms with Gasteiger partial charge in [0.15, 0.2) is 5.82 Å². The normalized spacial score (nSPS) is 10.8. The molecule has 0 aliphatic carbocycles. The predicted octanol–water partition coefficient (Wildman–Crippen LogP) is -0.390. The number of ether oxygens (including phenoxy) is 1. The van der Waals surface area contributed by atoms with Crippen LogP contribution in [0.5, 0.6) is 5.88 Å². The van der Waals surface area contributed by atoms with E-state index in [1.807, 2.05) is 6.07 Å². The molecule has 4 rings (SSSR count). The van der Waals surface area contributed by atoms with Gasteiger partial charge in [-0.3, -0.25) is 4.79 Å². The maximum absolute atomic E-state index is 11.7. The number of nitrogens with zero attached hydrogens (tertiary/aromatic N) is 5. The minimum absolute atomic E-state index is 0.166. The van der Waals surface area contributed by atoms with Crippen LogP contribution in [0.15, 0.2) is 48.7 Å². The van der Waals surface area contributed by atoms with Crippen molar-refractivity contribution in [1.82, 2.24) is 25.0 Å². The molecule has 0 saturated heterocycles. The van der Waals surface area contributed by atoms with Crippen LogP contribution in [0.3, 0.4) is 0 Å². The van der Waals surface area contributed by atoms with E-state index >= 15 is 0 Å². The summed E-state index contributed by atoms with van der Waals surface area (Å²) >= 11 is 0. The lowest BCUT2D eigenvalue weighted by atomic mass is 9.80. The van der Waals surface area contributed by atoms with Gasteiger partial charge in [-0.25, -0.2) is 0 Å². The van der Waals surface area contributed by atoms with Gasteiger partial charge in [-0.2, -0.15) is 14.8 Å². The number of carbonyl (C=O) groups excluding carboxylic acids is 1. The number of rotatable bonds is 7. The maximum atomic E-state index is 11.7. The molecule has 2 heterocycles. The molecule has 11 nitrogen and oxygen atoms in total. The molecule has 0 saturated carbocycles. The Labute approximate surface area is 176 Å². The number of nitrogens with two attached hydrogens (primary N) is 1. The Balaban J connectivity index is 1.67. The van der Waals surface area contributed by atoms with Gasteiger partial charge < -0.3 is 25.8 Å². The number of methoxy groups -OCH3 is 1. The fraction of sp³-hybridized carbons (Fsp3) is 0.105. The zero-order valence-corrected chi connectivity index (χ0v) is 16.4. The van der Waals surface area contributed by atoms with E-state index in [1.54, 1.807) is 36.4 Å². The minimum atomic E-state index is -1.56. The van der Waals surface area contributed by atoms with Crippen LogP contribution in [0.25, 0.3) is 16.9 Å². The molecule has 2 aromatic heterocycles. The molecule has 31 heavy (non-hydrogen) atoms. The first kappa shape index (κ1) is 20.3. The zero-order valence-electron chi connectivity index (χ0n) is 16.4. The number of primary amides is 1. The number of amides is 1. The van der Waals surface area contributed by atoms with Gasteiger partial charge in [0.2, 0.25) is 5.91 Å². The van der Waals surface area contributed by atoms with Crippen LogP contribution in [0, 0.1) is 0 Å². The number of aromatic nitrogens is 5. The second-order valence-corrected chi connectivity index (χ2v) is 6.60. The van der Waals surface area contributed by atoms with Crippen molar-refractivity contribution in [3.63, 3.8) is 0 Å². The van der Waals surface area contributed by atoms with Crippen molar-refractivity contribution in [2.45, 2.75) is 6.54 Å². The summed E-state index contributed by atoms with van der Waals surface area (Å²) in [5.74, 6) is 0.101. The molecule has 0 spiro atoms. The van der Waals surface area contributed by atoms with Crippen LogP contribution in [0.1, 0.15) is 15.9 Å². The van der Waals surface area contributed by atoms with Gasteiger partial charge in [-0.15, -0.1) is 10.2 Å². The zero-order chi connectivity index (χ0) is 22.0. The molecule has 0 unspecified atom stereocenters. The van der Waals surface area contributed by atoms with E-state index in [0.717, 1.165) is 5.56 Å². The number of nitrogens with one attached hydrogen (secondary N) is 1. The smallest absolute Gasteiger partial charge is 0.477 e.